The van der Waals surface area contributed by atoms with Crippen molar-refractivity contribution in [2.24, 2.45) is 0 Å². The summed E-state index contributed by atoms with van der Waals surface area (Å²) < 4.78 is 6.82. The first-order valence-corrected chi connectivity index (χ1v) is 8.86. The minimum atomic E-state index is 0.0660. The third kappa shape index (κ3) is 3.89. The van der Waals surface area contributed by atoms with Gasteiger partial charge in [0.15, 0.2) is 5.82 Å². The van der Waals surface area contributed by atoms with Gasteiger partial charge in [-0.2, -0.15) is 10.1 Å². The molecule has 0 aliphatic carbocycles. The van der Waals surface area contributed by atoms with Gasteiger partial charge in [-0.1, -0.05) is 19.0 Å². The number of rotatable bonds is 5. The zero-order valence-corrected chi connectivity index (χ0v) is 15.4. The highest BCUT2D eigenvalue weighted by Crippen LogP contribution is 2.17. The van der Waals surface area contributed by atoms with E-state index in [4.69, 9.17) is 4.52 Å². The van der Waals surface area contributed by atoms with Crippen molar-refractivity contribution in [1.29, 1.82) is 0 Å². The van der Waals surface area contributed by atoms with Gasteiger partial charge in [0.05, 0.1) is 12.2 Å². The van der Waals surface area contributed by atoms with E-state index in [1.54, 1.807) is 6.92 Å². The van der Waals surface area contributed by atoms with Gasteiger partial charge in [-0.05, 0) is 18.9 Å². The number of carbonyl (C=O) groups excluding carboxylic acids is 1. The normalized spacial score (nSPS) is 16.0. The highest BCUT2D eigenvalue weighted by molar-refractivity contribution is 5.92. The van der Waals surface area contributed by atoms with Crippen molar-refractivity contribution in [2.45, 2.75) is 46.7 Å². The standard InChI is InChI=1S/C17H26N6O2/c1-5-23-15(10-14(19-23)12(2)3)17(24)22-8-6-21(7-9-22)11-16-18-13(4)25-20-16/h10,12H,5-9,11H2,1-4H3. The average molecular weight is 346 g/mol. The third-order valence-corrected chi connectivity index (χ3v) is 4.50. The first-order chi connectivity index (χ1) is 12.0. The van der Waals surface area contributed by atoms with Gasteiger partial charge in [-0.3, -0.25) is 14.4 Å². The first kappa shape index (κ1) is 17.6. The van der Waals surface area contributed by atoms with Crippen molar-refractivity contribution in [3.63, 3.8) is 0 Å². The maximum absolute atomic E-state index is 12.9. The van der Waals surface area contributed by atoms with Crippen LogP contribution in [-0.4, -0.2) is 61.8 Å². The molecule has 8 heteroatoms. The number of hydrogen-bond donors (Lipinski definition) is 0. The van der Waals surface area contributed by atoms with Gasteiger partial charge in [-0.15, -0.1) is 0 Å². The number of hydrogen-bond acceptors (Lipinski definition) is 6. The Morgan fingerprint density at radius 3 is 2.56 bits per heavy atom. The highest BCUT2D eigenvalue weighted by atomic mass is 16.5. The summed E-state index contributed by atoms with van der Waals surface area (Å²) >= 11 is 0. The number of carbonyl (C=O) groups is 1. The molecular formula is C17H26N6O2. The molecule has 2 aromatic heterocycles. The van der Waals surface area contributed by atoms with E-state index in [1.165, 1.54) is 0 Å². The van der Waals surface area contributed by atoms with Crippen LogP contribution in [0.5, 0.6) is 0 Å². The van der Waals surface area contributed by atoms with E-state index in [-0.39, 0.29) is 5.91 Å². The fourth-order valence-corrected chi connectivity index (χ4v) is 3.01. The van der Waals surface area contributed by atoms with Crippen molar-refractivity contribution < 1.29 is 9.32 Å². The quantitative estimate of drug-likeness (QED) is 0.819. The fraction of sp³-hybridized carbons (Fsp3) is 0.647. The first-order valence-electron chi connectivity index (χ1n) is 8.86. The van der Waals surface area contributed by atoms with Crippen LogP contribution >= 0.6 is 0 Å². The molecule has 136 valence electrons. The summed E-state index contributed by atoms with van der Waals surface area (Å²) in [6.07, 6.45) is 0. The Kier molecular flexibility index (Phi) is 5.17. The molecule has 2 aromatic rings. The van der Waals surface area contributed by atoms with E-state index in [0.717, 1.165) is 18.8 Å². The Labute approximate surface area is 147 Å². The van der Waals surface area contributed by atoms with E-state index in [9.17, 15) is 4.79 Å². The topological polar surface area (TPSA) is 80.3 Å². The number of aromatic nitrogens is 4. The molecular weight excluding hydrogens is 320 g/mol. The highest BCUT2D eigenvalue weighted by Gasteiger charge is 2.26. The summed E-state index contributed by atoms with van der Waals surface area (Å²) in [4.78, 5) is 21.3. The number of aryl methyl sites for hydroxylation is 2. The van der Waals surface area contributed by atoms with Gasteiger partial charge in [0.1, 0.15) is 5.69 Å². The predicted octanol–water partition coefficient (Wildman–Crippen LogP) is 1.68. The second-order valence-corrected chi connectivity index (χ2v) is 6.72. The van der Waals surface area contributed by atoms with Crippen LogP contribution in [-0.2, 0) is 13.1 Å². The SMILES string of the molecule is CCn1nc(C(C)C)cc1C(=O)N1CCN(Cc2noc(C)n2)CC1. The van der Waals surface area contributed by atoms with Crippen LogP contribution in [0.2, 0.25) is 0 Å². The summed E-state index contributed by atoms with van der Waals surface area (Å²) in [5, 5.41) is 8.48. The van der Waals surface area contributed by atoms with Gasteiger partial charge in [0.25, 0.3) is 5.91 Å². The Bertz CT molecular complexity index is 727. The van der Waals surface area contributed by atoms with Crippen molar-refractivity contribution in [3.8, 4) is 0 Å². The second-order valence-electron chi connectivity index (χ2n) is 6.72. The van der Waals surface area contributed by atoms with E-state index >= 15 is 0 Å². The molecule has 0 spiro atoms. The smallest absolute Gasteiger partial charge is 0.272 e. The largest absolute Gasteiger partial charge is 0.340 e. The fourth-order valence-electron chi connectivity index (χ4n) is 3.01. The monoisotopic (exact) mass is 346 g/mol. The molecule has 0 unspecified atom stereocenters. The molecule has 1 aliphatic heterocycles. The molecule has 8 nitrogen and oxygen atoms in total. The Morgan fingerprint density at radius 1 is 1.28 bits per heavy atom. The lowest BCUT2D eigenvalue weighted by molar-refractivity contribution is 0.0612. The number of piperazine rings is 1. The molecule has 0 atom stereocenters. The molecule has 0 N–H and O–H groups in total. The molecule has 0 aromatic carbocycles. The lowest BCUT2D eigenvalue weighted by Gasteiger charge is -2.34. The molecule has 1 saturated heterocycles. The van der Waals surface area contributed by atoms with Crippen LogP contribution in [0.4, 0.5) is 0 Å². The van der Waals surface area contributed by atoms with E-state index in [2.05, 4.69) is 34.0 Å². The minimum absolute atomic E-state index is 0.0660. The van der Waals surface area contributed by atoms with Gasteiger partial charge >= 0.3 is 0 Å². The predicted molar refractivity (Wildman–Crippen MR) is 92.2 cm³/mol. The van der Waals surface area contributed by atoms with Gasteiger partial charge in [0.2, 0.25) is 5.89 Å². The van der Waals surface area contributed by atoms with Crippen LogP contribution in [0.15, 0.2) is 10.6 Å². The van der Waals surface area contributed by atoms with Crippen molar-refractivity contribution in [3.05, 3.63) is 29.2 Å². The molecule has 1 fully saturated rings. The third-order valence-electron chi connectivity index (χ3n) is 4.50. The van der Waals surface area contributed by atoms with Gasteiger partial charge in [0, 0.05) is 39.6 Å². The summed E-state index contributed by atoms with van der Waals surface area (Å²) in [6.45, 7) is 12.3. The van der Waals surface area contributed by atoms with Gasteiger partial charge < -0.3 is 9.42 Å². The minimum Gasteiger partial charge on any atom is -0.340 e. The van der Waals surface area contributed by atoms with Crippen molar-refractivity contribution in [2.75, 3.05) is 26.2 Å². The molecule has 0 radical (unpaired) electrons. The van der Waals surface area contributed by atoms with E-state index in [1.807, 2.05) is 22.6 Å². The second kappa shape index (κ2) is 7.35. The summed E-state index contributed by atoms with van der Waals surface area (Å²) in [7, 11) is 0. The van der Waals surface area contributed by atoms with Crippen LogP contribution in [0, 0.1) is 6.92 Å². The number of amides is 1. The van der Waals surface area contributed by atoms with Crippen LogP contribution in [0.25, 0.3) is 0 Å². The summed E-state index contributed by atoms with van der Waals surface area (Å²) in [5.74, 6) is 1.66. The molecule has 0 saturated carbocycles. The average Bonchev–Trinajstić information content (AvgIpc) is 3.21. The molecule has 3 heterocycles. The zero-order chi connectivity index (χ0) is 18.0. The zero-order valence-electron chi connectivity index (χ0n) is 15.4. The van der Waals surface area contributed by atoms with Crippen LogP contribution in [0.3, 0.4) is 0 Å². The van der Waals surface area contributed by atoms with E-state index < -0.39 is 0 Å². The Hall–Kier alpha value is -2.22. The summed E-state index contributed by atoms with van der Waals surface area (Å²) in [6, 6.07) is 1.94. The van der Waals surface area contributed by atoms with E-state index in [0.29, 0.717) is 49.5 Å². The maximum atomic E-state index is 12.9. The van der Waals surface area contributed by atoms with Crippen molar-refractivity contribution >= 4 is 5.91 Å². The Morgan fingerprint density at radius 2 is 2.00 bits per heavy atom. The van der Waals surface area contributed by atoms with Crippen molar-refractivity contribution in [1.82, 2.24) is 29.7 Å². The lowest BCUT2D eigenvalue weighted by Crippen LogP contribution is -2.48. The Balaban J connectivity index is 1.61. The summed E-state index contributed by atoms with van der Waals surface area (Å²) in [5.41, 5.74) is 1.66. The molecule has 1 amide bonds. The van der Waals surface area contributed by atoms with Gasteiger partial charge in [-0.25, -0.2) is 0 Å². The molecule has 25 heavy (non-hydrogen) atoms. The molecule has 1 aliphatic rings. The lowest BCUT2D eigenvalue weighted by atomic mass is 10.1. The van der Waals surface area contributed by atoms with Crippen LogP contribution < -0.4 is 0 Å². The maximum Gasteiger partial charge on any atom is 0.272 e. The molecule has 3 rings (SSSR count). The number of nitrogens with zero attached hydrogens (tertiary/aromatic N) is 6. The molecule has 0 bridgehead atoms. The van der Waals surface area contributed by atoms with Crippen LogP contribution in [0.1, 0.15) is 54.6 Å².